The van der Waals surface area contributed by atoms with Crippen molar-refractivity contribution in [2.75, 3.05) is 34.0 Å². The lowest BCUT2D eigenvalue weighted by Gasteiger charge is -2.04. The minimum Gasteiger partial charge on any atom is -0.458 e. The van der Waals surface area contributed by atoms with Crippen LogP contribution in [0.25, 0.3) is 0 Å². The smallest absolute Gasteiger partial charge is 0.360 e. The molecule has 1 aromatic rings. The van der Waals surface area contributed by atoms with Gasteiger partial charge in [0, 0.05) is 27.4 Å². The highest BCUT2D eigenvalue weighted by Crippen LogP contribution is 2.07. The first-order valence-corrected chi connectivity index (χ1v) is 6.25. The molecule has 0 aliphatic carbocycles. The lowest BCUT2D eigenvalue weighted by atomic mass is 10.3. The lowest BCUT2D eigenvalue weighted by Crippen LogP contribution is -2.12. The van der Waals surface area contributed by atoms with E-state index in [-0.39, 0.29) is 12.3 Å². The van der Waals surface area contributed by atoms with Crippen molar-refractivity contribution in [1.82, 2.24) is 15.0 Å². The first-order chi connectivity index (χ1) is 9.20. The molecule has 0 unspecified atom stereocenters. The van der Waals surface area contributed by atoms with E-state index < -0.39 is 5.97 Å². The number of carbonyl (C=O) groups is 1. The topological polar surface area (TPSA) is 75.5 Å². The van der Waals surface area contributed by atoms with Crippen molar-refractivity contribution in [2.45, 2.75) is 26.3 Å². The Labute approximate surface area is 112 Å². The Bertz CT molecular complexity index is 392. The third kappa shape index (κ3) is 4.96. The summed E-state index contributed by atoms with van der Waals surface area (Å²) in [6.07, 6.45) is 1.87. The highest BCUT2D eigenvalue weighted by molar-refractivity contribution is 5.88. The van der Waals surface area contributed by atoms with Crippen molar-refractivity contribution in [3.8, 4) is 0 Å². The van der Waals surface area contributed by atoms with E-state index in [9.17, 15) is 4.79 Å². The number of methoxy groups -OCH3 is 2. The third-order valence-electron chi connectivity index (χ3n) is 2.66. The molecule has 0 aromatic carbocycles. The molecule has 7 heteroatoms. The van der Waals surface area contributed by atoms with Gasteiger partial charge in [0.1, 0.15) is 6.61 Å². The molecule has 0 N–H and O–H groups in total. The van der Waals surface area contributed by atoms with Gasteiger partial charge in [-0.15, -0.1) is 5.10 Å². The van der Waals surface area contributed by atoms with Gasteiger partial charge in [0.25, 0.3) is 0 Å². The van der Waals surface area contributed by atoms with Gasteiger partial charge in [0.2, 0.25) is 0 Å². The van der Waals surface area contributed by atoms with E-state index in [1.807, 2.05) is 6.92 Å². The van der Waals surface area contributed by atoms with Gasteiger partial charge in [0.05, 0.1) is 12.3 Å². The average molecular weight is 271 g/mol. The maximum Gasteiger partial charge on any atom is 0.360 e. The predicted octanol–water partition coefficient (Wildman–Crippen LogP) is 0.816. The molecule has 0 atom stereocenters. The van der Waals surface area contributed by atoms with Crippen LogP contribution in [0.15, 0.2) is 0 Å². The Morgan fingerprint density at radius 2 is 1.89 bits per heavy atom. The van der Waals surface area contributed by atoms with Crippen LogP contribution in [0.1, 0.15) is 29.0 Å². The fraction of sp³-hybridized carbons (Fsp3) is 0.750. The Kier molecular flexibility index (Phi) is 7.06. The number of unbranched alkanes of at least 4 members (excludes halogenated alkanes) is 1. The molecule has 0 aliphatic rings. The highest BCUT2D eigenvalue weighted by Gasteiger charge is 2.17. The van der Waals surface area contributed by atoms with Gasteiger partial charge in [-0.2, -0.15) is 0 Å². The van der Waals surface area contributed by atoms with Crippen LogP contribution in [0.5, 0.6) is 0 Å². The largest absolute Gasteiger partial charge is 0.458 e. The fourth-order valence-corrected chi connectivity index (χ4v) is 1.56. The van der Waals surface area contributed by atoms with E-state index in [0.717, 1.165) is 25.1 Å². The molecular formula is C12H21N3O4. The van der Waals surface area contributed by atoms with E-state index in [4.69, 9.17) is 14.2 Å². The van der Waals surface area contributed by atoms with Crippen LogP contribution in [0.4, 0.5) is 0 Å². The Morgan fingerprint density at radius 1 is 1.16 bits per heavy atom. The van der Waals surface area contributed by atoms with Gasteiger partial charge >= 0.3 is 5.97 Å². The molecule has 0 saturated carbocycles. The number of aryl methyl sites for hydroxylation is 1. The molecule has 108 valence electrons. The normalized spacial score (nSPS) is 10.7. The van der Waals surface area contributed by atoms with Crippen LogP contribution in [0.2, 0.25) is 0 Å². The minimum atomic E-state index is -0.460. The maximum absolute atomic E-state index is 11.7. The molecule has 0 bridgehead atoms. The summed E-state index contributed by atoms with van der Waals surface area (Å²) in [5.74, 6) is -0.460. The van der Waals surface area contributed by atoms with E-state index >= 15 is 0 Å². The molecule has 1 heterocycles. The first kappa shape index (κ1) is 15.6. The monoisotopic (exact) mass is 271 g/mol. The van der Waals surface area contributed by atoms with Crippen molar-refractivity contribution in [2.24, 2.45) is 0 Å². The molecule has 0 saturated heterocycles. The minimum absolute atomic E-state index is 0.218. The molecule has 1 aromatic heterocycles. The van der Waals surface area contributed by atoms with Crippen LogP contribution in [-0.4, -0.2) is 55.0 Å². The van der Waals surface area contributed by atoms with Gasteiger partial charge in [0.15, 0.2) is 5.69 Å². The zero-order valence-corrected chi connectivity index (χ0v) is 11.7. The summed E-state index contributed by atoms with van der Waals surface area (Å²) in [7, 11) is 3.23. The van der Waals surface area contributed by atoms with Crippen LogP contribution in [-0.2, 0) is 20.8 Å². The van der Waals surface area contributed by atoms with E-state index in [1.54, 1.807) is 18.9 Å². The second-order valence-electron chi connectivity index (χ2n) is 4.08. The highest BCUT2D eigenvalue weighted by atomic mass is 16.6. The third-order valence-corrected chi connectivity index (χ3v) is 2.66. The quantitative estimate of drug-likeness (QED) is 0.489. The molecule has 0 amide bonds. The predicted molar refractivity (Wildman–Crippen MR) is 68.0 cm³/mol. The van der Waals surface area contributed by atoms with Crippen LogP contribution in [0, 0.1) is 6.92 Å². The summed E-state index contributed by atoms with van der Waals surface area (Å²) < 4.78 is 16.5. The number of carbonyl (C=O) groups excluding carboxylic acids is 1. The number of nitrogens with zero attached hydrogens (tertiary/aromatic N) is 3. The summed E-state index contributed by atoms with van der Waals surface area (Å²) in [4.78, 5) is 11.7. The molecule has 0 fully saturated rings. The van der Waals surface area contributed by atoms with Gasteiger partial charge in [-0.1, -0.05) is 5.21 Å². The molecule has 0 radical (unpaired) electrons. The van der Waals surface area contributed by atoms with Crippen LogP contribution < -0.4 is 0 Å². The van der Waals surface area contributed by atoms with Crippen molar-refractivity contribution in [3.63, 3.8) is 0 Å². The molecule has 0 aliphatic heterocycles. The summed E-state index contributed by atoms with van der Waals surface area (Å²) in [5, 5.41) is 7.82. The number of aromatic nitrogens is 3. The van der Waals surface area contributed by atoms with E-state index in [2.05, 4.69) is 10.3 Å². The van der Waals surface area contributed by atoms with Crippen molar-refractivity contribution in [1.29, 1.82) is 0 Å². The Morgan fingerprint density at radius 3 is 2.58 bits per heavy atom. The average Bonchev–Trinajstić information content (AvgIpc) is 2.76. The Hall–Kier alpha value is -1.47. The summed E-state index contributed by atoms with van der Waals surface area (Å²) >= 11 is 0. The SMILES string of the molecule is COCCCCn1nnc(C(=O)OCCOC)c1C. The zero-order valence-electron chi connectivity index (χ0n) is 11.7. The van der Waals surface area contributed by atoms with Gasteiger partial charge in [-0.25, -0.2) is 9.48 Å². The van der Waals surface area contributed by atoms with Crippen molar-refractivity contribution < 1.29 is 19.0 Å². The first-order valence-electron chi connectivity index (χ1n) is 6.25. The number of rotatable bonds is 9. The standard InChI is InChI=1S/C12H21N3O4/c1-10-11(12(16)19-9-8-18-3)13-14-15(10)6-4-5-7-17-2/h4-9H2,1-3H3. The van der Waals surface area contributed by atoms with Crippen LogP contribution in [0.3, 0.4) is 0 Å². The lowest BCUT2D eigenvalue weighted by molar-refractivity contribution is 0.0380. The summed E-state index contributed by atoms with van der Waals surface area (Å²) in [6.45, 7) is 3.84. The fourth-order valence-electron chi connectivity index (χ4n) is 1.56. The number of ether oxygens (including phenoxy) is 3. The van der Waals surface area contributed by atoms with Gasteiger partial charge < -0.3 is 14.2 Å². The second kappa shape index (κ2) is 8.60. The number of hydrogen-bond acceptors (Lipinski definition) is 6. The molecule has 0 spiro atoms. The molecule has 7 nitrogen and oxygen atoms in total. The molecular weight excluding hydrogens is 250 g/mol. The molecule has 1 rings (SSSR count). The molecule has 19 heavy (non-hydrogen) atoms. The second-order valence-corrected chi connectivity index (χ2v) is 4.08. The van der Waals surface area contributed by atoms with Gasteiger partial charge in [-0.3, -0.25) is 0 Å². The zero-order chi connectivity index (χ0) is 14.1. The van der Waals surface area contributed by atoms with Crippen LogP contribution >= 0.6 is 0 Å². The number of hydrogen-bond donors (Lipinski definition) is 0. The number of esters is 1. The maximum atomic E-state index is 11.7. The summed E-state index contributed by atoms with van der Waals surface area (Å²) in [5.41, 5.74) is 0.989. The van der Waals surface area contributed by atoms with Crippen molar-refractivity contribution in [3.05, 3.63) is 11.4 Å². The van der Waals surface area contributed by atoms with E-state index in [1.165, 1.54) is 0 Å². The summed E-state index contributed by atoms with van der Waals surface area (Å²) in [6, 6.07) is 0. The van der Waals surface area contributed by atoms with Crippen molar-refractivity contribution >= 4 is 5.97 Å². The van der Waals surface area contributed by atoms with Gasteiger partial charge in [-0.05, 0) is 19.8 Å². The van der Waals surface area contributed by atoms with E-state index in [0.29, 0.717) is 13.2 Å². The Balaban J connectivity index is 2.47.